The molecule has 0 aliphatic heterocycles. The zero-order valence-electron chi connectivity index (χ0n) is 11.9. The van der Waals surface area contributed by atoms with Gasteiger partial charge in [0.15, 0.2) is 0 Å². The Morgan fingerprint density at radius 2 is 1.59 bits per heavy atom. The first-order valence-electron chi connectivity index (χ1n) is 7.09. The van der Waals surface area contributed by atoms with Crippen LogP contribution < -0.4 is 0 Å². The summed E-state index contributed by atoms with van der Waals surface area (Å²) in [4.78, 5) is 4.81. The summed E-state index contributed by atoms with van der Waals surface area (Å²) in [7, 11) is 0. The summed E-state index contributed by atoms with van der Waals surface area (Å²) in [5.41, 5.74) is 7.18. The molecule has 4 rings (SSSR count). The molecule has 1 aliphatic carbocycles. The van der Waals surface area contributed by atoms with E-state index in [1.54, 1.807) is 0 Å². The number of fused-ring (bicyclic) bond motifs is 3. The van der Waals surface area contributed by atoms with Crippen LogP contribution in [0.5, 0.6) is 0 Å². The smallest absolute Gasteiger partial charge is 0.0999 e. The van der Waals surface area contributed by atoms with E-state index in [1.807, 2.05) is 60.7 Å². The number of hydrogen-bond acceptors (Lipinski definition) is 2. The molecular formula is C20H12N2. The van der Waals surface area contributed by atoms with Gasteiger partial charge in [0.05, 0.1) is 23.0 Å². The molecule has 3 aromatic rings. The van der Waals surface area contributed by atoms with E-state index in [9.17, 15) is 5.26 Å². The Bertz CT molecular complexity index is 947. The molecule has 0 spiro atoms. The molecule has 1 aliphatic rings. The maximum atomic E-state index is 9.55. The lowest BCUT2D eigenvalue weighted by atomic mass is 10.0. The van der Waals surface area contributed by atoms with Gasteiger partial charge in [0.2, 0.25) is 0 Å². The van der Waals surface area contributed by atoms with Crippen LogP contribution in [0.25, 0.3) is 28.1 Å². The fourth-order valence-corrected chi connectivity index (χ4v) is 2.98. The lowest BCUT2D eigenvalue weighted by molar-refractivity contribution is 1.31. The number of pyridine rings is 1. The number of hydrogen-bond donors (Lipinski definition) is 0. The van der Waals surface area contributed by atoms with Crippen LogP contribution in [0.1, 0.15) is 16.7 Å². The van der Waals surface area contributed by atoms with Crippen molar-refractivity contribution in [1.29, 1.82) is 5.26 Å². The summed E-state index contributed by atoms with van der Waals surface area (Å²) in [6, 6.07) is 22.1. The number of benzene rings is 2. The molecule has 0 bridgehead atoms. The molecule has 0 amide bonds. The molecule has 2 nitrogen and oxygen atoms in total. The van der Waals surface area contributed by atoms with Crippen LogP contribution in [0.4, 0.5) is 0 Å². The topological polar surface area (TPSA) is 36.7 Å². The van der Waals surface area contributed by atoms with Crippen molar-refractivity contribution in [2.45, 2.75) is 0 Å². The highest BCUT2D eigenvalue weighted by atomic mass is 14.7. The van der Waals surface area contributed by atoms with Crippen molar-refractivity contribution in [3.63, 3.8) is 0 Å². The second-order valence-corrected chi connectivity index (χ2v) is 5.28. The fraction of sp³-hybridized carbons (Fsp3) is 0. The van der Waals surface area contributed by atoms with E-state index in [2.05, 4.69) is 12.6 Å². The minimum Gasteiger partial charge on any atom is -0.247 e. The predicted molar refractivity (Wildman–Crippen MR) is 88.0 cm³/mol. The summed E-state index contributed by atoms with van der Waals surface area (Å²) in [5.74, 6) is 0. The highest BCUT2D eigenvalue weighted by Gasteiger charge is 2.26. The third-order valence-corrected chi connectivity index (χ3v) is 4.02. The Morgan fingerprint density at radius 1 is 0.909 bits per heavy atom. The molecular weight excluding hydrogens is 268 g/mol. The van der Waals surface area contributed by atoms with Gasteiger partial charge >= 0.3 is 0 Å². The van der Waals surface area contributed by atoms with Crippen molar-refractivity contribution in [3.8, 4) is 28.6 Å². The molecule has 2 heteroatoms. The van der Waals surface area contributed by atoms with Gasteiger partial charge in [0.25, 0.3) is 0 Å². The molecule has 0 radical (unpaired) electrons. The van der Waals surface area contributed by atoms with Crippen molar-refractivity contribution in [2.24, 2.45) is 0 Å². The van der Waals surface area contributed by atoms with Gasteiger partial charge in [-0.05, 0) is 17.2 Å². The maximum absolute atomic E-state index is 9.55. The van der Waals surface area contributed by atoms with E-state index < -0.39 is 0 Å². The minimum atomic E-state index is 0.630. The van der Waals surface area contributed by atoms with Crippen molar-refractivity contribution >= 4 is 5.57 Å². The molecule has 0 saturated heterocycles. The molecule has 0 unspecified atom stereocenters. The summed E-state index contributed by atoms with van der Waals surface area (Å²) >= 11 is 0. The van der Waals surface area contributed by atoms with E-state index in [0.717, 1.165) is 39.2 Å². The zero-order valence-corrected chi connectivity index (χ0v) is 11.9. The van der Waals surface area contributed by atoms with Crippen LogP contribution in [-0.4, -0.2) is 4.98 Å². The molecule has 0 atom stereocenters. The summed E-state index contributed by atoms with van der Waals surface area (Å²) in [5, 5.41) is 9.55. The van der Waals surface area contributed by atoms with Crippen molar-refractivity contribution in [2.75, 3.05) is 0 Å². The summed E-state index contributed by atoms with van der Waals surface area (Å²) < 4.78 is 0. The normalized spacial score (nSPS) is 11.7. The van der Waals surface area contributed by atoms with Gasteiger partial charge in [0, 0.05) is 16.7 Å². The molecule has 1 heterocycles. The fourth-order valence-electron chi connectivity index (χ4n) is 2.98. The Hall–Kier alpha value is -3.18. The van der Waals surface area contributed by atoms with Crippen LogP contribution in [-0.2, 0) is 0 Å². The average Bonchev–Trinajstić information content (AvgIpc) is 2.88. The Morgan fingerprint density at radius 3 is 2.32 bits per heavy atom. The van der Waals surface area contributed by atoms with E-state index >= 15 is 0 Å². The van der Waals surface area contributed by atoms with Crippen molar-refractivity contribution in [3.05, 3.63) is 83.9 Å². The van der Waals surface area contributed by atoms with Crippen LogP contribution in [0.2, 0.25) is 0 Å². The van der Waals surface area contributed by atoms with Crippen molar-refractivity contribution in [1.82, 2.24) is 4.98 Å². The minimum absolute atomic E-state index is 0.630. The second kappa shape index (κ2) is 4.68. The van der Waals surface area contributed by atoms with Gasteiger partial charge in [0.1, 0.15) is 0 Å². The van der Waals surface area contributed by atoms with Gasteiger partial charge in [-0.2, -0.15) is 5.26 Å². The zero-order chi connectivity index (χ0) is 15.1. The van der Waals surface area contributed by atoms with E-state index in [0.29, 0.717) is 5.56 Å². The van der Waals surface area contributed by atoms with E-state index in [-0.39, 0.29) is 0 Å². The highest BCUT2D eigenvalue weighted by molar-refractivity contribution is 6.01. The molecule has 1 aromatic heterocycles. The van der Waals surface area contributed by atoms with Gasteiger partial charge in [-0.15, -0.1) is 0 Å². The number of nitriles is 1. The van der Waals surface area contributed by atoms with Gasteiger partial charge in [-0.25, -0.2) is 4.98 Å². The lowest BCUT2D eigenvalue weighted by Gasteiger charge is -2.07. The van der Waals surface area contributed by atoms with E-state index in [1.165, 1.54) is 0 Å². The maximum Gasteiger partial charge on any atom is 0.0999 e. The average molecular weight is 280 g/mol. The van der Waals surface area contributed by atoms with Crippen LogP contribution in [0.15, 0.2) is 67.2 Å². The molecule has 102 valence electrons. The Labute approximate surface area is 129 Å². The largest absolute Gasteiger partial charge is 0.247 e. The Kier molecular flexibility index (Phi) is 2.67. The molecule has 0 N–H and O–H groups in total. The van der Waals surface area contributed by atoms with Crippen LogP contribution in [0.3, 0.4) is 0 Å². The van der Waals surface area contributed by atoms with Crippen LogP contribution in [0, 0.1) is 11.3 Å². The number of aromatic nitrogens is 1. The third kappa shape index (κ3) is 1.70. The predicted octanol–water partition coefficient (Wildman–Crippen LogP) is 4.66. The van der Waals surface area contributed by atoms with Crippen molar-refractivity contribution < 1.29 is 0 Å². The first-order valence-corrected chi connectivity index (χ1v) is 7.09. The molecule has 0 fully saturated rings. The number of nitrogens with zero attached hydrogens (tertiary/aromatic N) is 2. The first kappa shape index (κ1) is 12.6. The molecule has 0 saturated carbocycles. The van der Waals surface area contributed by atoms with Gasteiger partial charge in [-0.3, -0.25) is 0 Å². The molecule has 22 heavy (non-hydrogen) atoms. The highest BCUT2D eigenvalue weighted by Crippen LogP contribution is 2.44. The summed E-state index contributed by atoms with van der Waals surface area (Å²) in [6.45, 7) is 4.16. The van der Waals surface area contributed by atoms with Gasteiger partial charge < -0.3 is 0 Å². The van der Waals surface area contributed by atoms with E-state index in [4.69, 9.17) is 4.98 Å². The monoisotopic (exact) mass is 280 g/mol. The van der Waals surface area contributed by atoms with Crippen LogP contribution >= 0.6 is 0 Å². The first-order chi connectivity index (χ1) is 10.8. The Balaban J connectivity index is 2.04. The summed E-state index contributed by atoms with van der Waals surface area (Å²) in [6.07, 6.45) is 0. The quantitative estimate of drug-likeness (QED) is 0.508. The standard InChI is InChI=1S/C20H12N2/c1-13-16-9-5-6-10-17(16)20-19(13)15(12-21)11-18(22-20)14-7-3-2-4-8-14/h2-11H,1H2. The third-order valence-electron chi connectivity index (χ3n) is 4.02. The van der Waals surface area contributed by atoms with Gasteiger partial charge in [-0.1, -0.05) is 61.2 Å². The number of rotatable bonds is 1. The lowest BCUT2D eigenvalue weighted by Crippen LogP contribution is -1.93. The second-order valence-electron chi connectivity index (χ2n) is 5.28. The molecule has 2 aromatic carbocycles. The SMILES string of the molecule is C=C1c2ccccc2-c2nc(-c3ccccc3)cc(C#N)c21.